The fraction of sp³-hybridized carbons (Fsp3) is 0.143. The molecule has 8 heteroatoms. The summed E-state index contributed by atoms with van der Waals surface area (Å²) in [5.74, 6) is 0. The molecule has 0 saturated carbocycles. The van der Waals surface area contributed by atoms with Crippen LogP contribution in [-0.4, -0.2) is 16.8 Å². The molecule has 0 aromatic heterocycles. The predicted molar refractivity (Wildman–Crippen MR) is 145 cm³/mol. The second-order valence-corrected chi connectivity index (χ2v) is 13.4. The van der Waals surface area contributed by atoms with Gasteiger partial charge < -0.3 is 0 Å². The maximum absolute atomic E-state index is 13.3. The minimum absolute atomic E-state index is 0.214. The predicted octanol–water partition coefficient (Wildman–Crippen LogP) is 7.56. The third-order valence-electron chi connectivity index (χ3n) is 6.12. The highest BCUT2D eigenvalue weighted by atomic mass is 35.5. The van der Waals surface area contributed by atoms with Crippen LogP contribution in [0.15, 0.2) is 92.4 Å². The fourth-order valence-electron chi connectivity index (χ4n) is 4.33. The summed E-state index contributed by atoms with van der Waals surface area (Å²) in [6.07, 6.45) is 0. The number of rotatable bonds is 5. The maximum atomic E-state index is 13.3. The Morgan fingerprint density at radius 2 is 0.722 bits per heavy atom. The van der Waals surface area contributed by atoms with Gasteiger partial charge in [0.2, 0.25) is 19.7 Å². The summed E-state index contributed by atoms with van der Waals surface area (Å²) in [6, 6.07) is 19.7. The van der Waals surface area contributed by atoms with Gasteiger partial charge in [0.25, 0.3) is 0 Å². The molecule has 4 aromatic rings. The zero-order valence-electron chi connectivity index (χ0n) is 20.1. The Morgan fingerprint density at radius 1 is 0.444 bits per heavy atom. The van der Waals surface area contributed by atoms with Crippen LogP contribution in [0.25, 0.3) is 11.1 Å². The van der Waals surface area contributed by atoms with Gasteiger partial charge in [-0.05, 0) is 110 Å². The molecule has 0 aliphatic carbocycles. The van der Waals surface area contributed by atoms with Gasteiger partial charge in [0.15, 0.2) is 0 Å². The number of halogens is 2. The largest absolute Gasteiger partial charge is 0.218 e. The lowest BCUT2D eigenvalue weighted by atomic mass is 10.0. The molecule has 0 saturated heterocycles. The summed E-state index contributed by atoms with van der Waals surface area (Å²) < 4.78 is 53.2. The van der Waals surface area contributed by atoms with E-state index >= 15 is 0 Å². The third kappa shape index (κ3) is 4.83. The molecule has 0 bridgehead atoms. The standard InChI is InChI=1S/C28H24Cl2O4S2/c1-17-13-21(5-9-25(17)35(31,32)27-11-7-23(29)15-19(27)3)22-6-10-26(18(2)14-22)36(33,34)28-12-8-24(30)16-20(28)4/h5-16H,1-4H3. The number of hydrogen-bond acceptors (Lipinski definition) is 4. The van der Waals surface area contributed by atoms with E-state index in [0.717, 1.165) is 11.1 Å². The van der Waals surface area contributed by atoms with E-state index in [4.69, 9.17) is 23.2 Å². The molecule has 0 N–H and O–H groups in total. The van der Waals surface area contributed by atoms with E-state index < -0.39 is 19.7 Å². The van der Waals surface area contributed by atoms with Gasteiger partial charge in [-0.3, -0.25) is 0 Å². The normalized spacial score (nSPS) is 12.1. The second-order valence-electron chi connectivity index (χ2n) is 8.79. The third-order valence-corrected chi connectivity index (χ3v) is 10.7. The molecule has 186 valence electrons. The van der Waals surface area contributed by atoms with E-state index in [1.165, 1.54) is 12.1 Å². The zero-order chi connectivity index (χ0) is 26.4. The van der Waals surface area contributed by atoms with Crippen molar-refractivity contribution in [3.05, 3.63) is 105 Å². The Morgan fingerprint density at radius 3 is 1.00 bits per heavy atom. The van der Waals surface area contributed by atoms with Crippen molar-refractivity contribution in [3.63, 3.8) is 0 Å². The van der Waals surface area contributed by atoms with Crippen molar-refractivity contribution in [2.75, 3.05) is 0 Å². The van der Waals surface area contributed by atoms with Gasteiger partial charge in [0.05, 0.1) is 19.6 Å². The van der Waals surface area contributed by atoms with Crippen LogP contribution >= 0.6 is 23.2 Å². The topological polar surface area (TPSA) is 68.3 Å². The first-order valence-corrected chi connectivity index (χ1v) is 14.8. The lowest BCUT2D eigenvalue weighted by Gasteiger charge is -2.14. The van der Waals surface area contributed by atoms with Crippen LogP contribution in [0.3, 0.4) is 0 Å². The van der Waals surface area contributed by atoms with Crippen molar-refractivity contribution < 1.29 is 16.8 Å². The van der Waals surface area contributed by atoms with E-state index in [0.29, 0.717) is 32.3 Å². The lowest BCUT2D eigenvalue weighted by molar-refractivity contribution is 0.593. The average Bonchev–Trinajstić information content (AvgIpc) is 2.78. The summed E-state index contributed by atoms with van der Waals surface area (Å²) in [5.41, 5.74) is 3.91. The second kappa shape index (κ2) is 9.67. The summed E-state index contributed by atoms with van der Waals surface area (Å²) >= 11 is 12.0. The van der Waals surface area contributed by atoms with Crippen molar-refractivity contribution in [2.24, 2.45) is 0 Å². The van der Waals surface area contributed by atoms with Gasteiger partial charge in [-0.15, -0.1) is 0 Å². The molecule has 4 rings (SSSR count). The quantitative estimate of drug-likeness (QED) is 0.253. The van der Waals surface area contributed by atoms with Crippen molar-refractivity contribution in [1.29, 1.82) is 0 Å². The molecule has 4 aromatic carbocycles. The minimum Gasteiger partial charge on any atom is -0.218 e. The molecule has 0 aliphatic heterocycles. The van der Waals surface area contributed by atoms with E-state index in [1.807, 2.05) is 0 Å². The van der Waals surface area contributed by atoms with Crippen LogP contribution in [0.2, 0.25) is 10.0 Å². The molecule has 0 amide bonds. The summed E-state index contributed by atoms with van der Waals surface area (Å²) in [4.78, 5) is 0.855. The Balaban J connectivity index is 1.72. The Kier molecular flexibility index (Phi) is 7.10. The molecule has 4 nitrogen and oxygen atoms in total. The SMILES string of the molecule is Cc1cc(Cl)ccc1S(=O)(=O)c1ccc(-c2ccc(S(=O)(=O)c3ccc(Cl)cc3C)c(C)c2)cc1C. The van der Waals surface area contributed by atoms with Gasteiger partial charge >= 0.3 is 0 Å². The first-order valence-electron chi connectivity index (χ1n) is 11.1. The van der Waals surface area contributed by atoms with E-state index in [2.05, 4.69) is 0 Å². The zero-order valence-corrected chi connectivity index (χ0v) is 23.3. The Labute approximate surface area is 222 Å². The molecule has 0 atom stereocenters. The number of sulfone groups is 2. The first-order chi connectivity index (χ1) is 16.8. The Hall–Kier alpha value is -2.64. The molecule has 0 fully saturated rings. The first kappa shape index (κ1) is 26.4. The van der Waals surface area contributed by atoms with Crippen LogP contribution in [0.4, 0.5) is 0 Å². The molecular formula is C28H24Cl2O4S2. The summed E-state index contributed by atoms with van der Waals surface area (Å²) in [5, 5.41) is 0.955. The number of aryl methyl sites for hydroxylation is 4. The van der Waals surface area contributed by atoms with Crippen LogP contribution in [0, 0.1) is 27.7 Å². The Bertz CT molecular complexity index is 1600. The summed E-state index contributed by atoms with van der Waals surface area (Å²) in [7, 11) is -7.47. The van der Waals surface area contributed by atoms with E-state index in [-0.39, 0.29) is 19.6 Å². The van der Waals surface area contributed by atoms with Gasteiger partial charge in [0, 0.05) is 10.0 Å². The molecule has 0 aliphatic rings. The van der Waals surface area contributed by atoms with Gasteiger partial charge in [-0.1, -0.05) is 47.5 Å². The highest BCUT2D eigenvalue weighted by molar-refractivity contribution is 7.92. The molecule has 0 radical (unpaired) electrons. The molecule has 36 heavy (non-hydrogen) atoms. The maximum Gasteiger partial charge on any atom is 0.207 e. The molecular weight excluding hydrogens is 535 g/mol. The van der Waals surface area contributed by atoms with Crippen molar-refractivity contribution in [1.82, 2.24) is 0 Å². The van der Waals surface area contributed by atoms with Gasteiger partial charge in [-0.25, -0.2) is 16.8 Å². The number of hydrogen-bond donors (Lipinski definition) is 0. The monoisotopic (exact) mass is 558 g/mol. The molecule has 0 heterocycles. The highest BCUT2D eigenvalue weighted by Crippen LogP contribution is 2.33. The molecule has 0 unspecified atom stereocenters. The minimum atomic E-state index is -3.74. The van der Waals surface area contributed by atoms with Gasteiger partial charge in [-0.2, -0.15) is 0 Å². The fourth-order valence-corrected chi connectivity index (χ4v) is 8.17. The smallest absolute Gasteiger partial charge is 0.207 e. The van der Waals surface area contributed by atoms with Gasteiger partial charge in [0.1, 0.15) is 0 Å². The lowest BCUT2D eigenvalue weighted by Crippen LogP contribution is -2.07. The van der Waals surface area contributed by atoms with Crippen LogP contribution in [0.1, 0.15) is 22.3 Å². The van der Waals surface area contributed by atoms with Crippen molar-refractivity contribution >= 4 is 42.9 Å². The van der Waals surface area contributed by atoms with E-state index in [1.54, 1.807) is 88.4 Å². The average molecular weight is 560 g/mol. The number of benzene rings is 4. The highest BCUT2D eigenvalue weighted by Gasteiger charge is 2.24. The summed E-state index contributed by atoms with van der Waals surface area (Å²) in [6.45, 7) is 6.92. The molecule has 0 spiro atoms. The van der Waals surface area contributed by atoms with Crippen LogP contribution < -0.4 is 0 Å². The van der Waals surface area contributed by atoms with Crippen LogP contribution in [0.5, 0.6) is 0 Å². The van der Waals surface area contributed by atoms with Crippen molar-refractivity contribution in [2.45, 2.75) is 47.3 Å². The van der Waals surface area contributed by atoms with Crippen LogP contribution in [-0.2, 0) is 19.7 Å². The van der Waals surface area contributed by atoms with Crippen molar-refractivity contribution in [3.8, 4) is 11.1 Å². The van der Waals surface area contributed by atoms with E-state index in [9.17, 15) is 16.8 Å².